The summed E-state index contributed by atoms with van der Waals surface area (Å²) < 4.78 is 6.88. The van der Waals surface area contributed by atoms with Gasteiger partial charge in [-0.3, -0.25) is 0 Å². The Kier molecular flexibility index (Phi) is 5.95. The van der Waals surface area contributed by atoms with E-state index in [0.717, 1.165) is 33.7 Å². The second-order valence-corrected chi connectivity index (χ2v) is 6.01. The van der Waals surface area contributed by atoms with E-state index in [4.69, 9.17) is 4.74 Å². The predicted octanol–water partition coefficient (Wildman–Crippen LogP) is 4.22. The number of benzene rings is 1. The molecule has 0 atom stereocenters. The largest absolute Gasteiger partial charge is 0.489 e. The van der Waals surface area contributed by atoms with Crippen LogP contribution in [0, 0.1) is 0 Å². The lowest BCUT2D eigenvalue weighted by atomic mass is 10.2. The first-order chi connectivity index (χ1) is 10.6. The van der Waals surface area contributed by atoms with Crippen molar-refractivity contribution in [2.45, 2.75) is 20.4 Å². The van der Waals surface area contributed by atoms with Gasteiger partial charge in [-0.1, -0.05) is 22.5 Å². The van der Waals surface area contributed by atoms with E-state index in [1.54, 1.807) is 6.20 Å². The molecule has 0 bridgehead atoms. The van der Waals surface area contributed by atoms with Crippen molar-refractivity contribution in [3.8, 4) is 5.75 Å². The molecule has 0 spiro atoms. The minimum absolute atomic E-state index is 0.520. The van der Waals surface area contributed by atoms with Crippen molar-refractivity contribution in [3.05, 3.63) is 58.7 Å². The summed E-state index contributed by atoms with van der Waals surface area (Å²) in [6.45, 7) is 10.00. The third-order valence-electron chi connectivity index (χ3n) is 3.12. The van der Waals surface area contributed by atoms with Crippen LogP contribution >= 0.6 is 15.9 Å². The van der Waals surface area contributed by atoms with Crippen LogP contribution in [0.3, 0.4) is 0 Å². The van der Waals surface area contributed by atoms with Gasteiger partial charge in [0.1, 0.15) is 12.4 Å². The highest BCUT2D eigenvalue weighted by Gasteiger charge is 2.11. The molecular weight excluding hydrogens is 342 g/mol. The second kappa shape index (κ2) is 7.94. The molecule has 0 aliphatic carbocycles. The van der Waals surface area contributed by atoms with E-state index >= 15 is 0 Å². The predicted molar refractivity (Wildman–Crippen MR) is 93.2 cm³/mol. The Bertz CT molecular complexity index is 631. The van der Waals surface area contributed by atoms with Crippen LogP contribution in [0.2, 0.25) is 0 Å². The summed E-state index contributed by atoms with van der Waals surface area (Å²) in [6.07, 6.45) is 1.68. The van der Waals surface area contributed by atoms with Crippen LogP contribution < -0.4 is 9.64 Å². The lowest BCUT2D eigenvalue weighted by molar-refractivity contribution is 0.348. The zero-order valence-electron chi connectivity index (χ0n) is 12.9. The molecule has 22 heavy (non-hydrogen) atoms. The van der Waals surface area contributed by atoms with Crippen molar-refractivity contribution < 1.29 is 4.74 Å². The molecule has 0 radical (unpaired) electrons. The van der Waals surface area contributed by atoms with E-state index in [2.05, 4.69) is 50.6 Å². The smallest absolute Gasteiger partial charge is 0.151 e. The molecule has 1 aromatic heterocycles. The highest BCUT2D eigenvalue weighted by molar-refractivity contribution is 9.10. The summed E-state index contributed by atoms with van der Waals surface area (Å²) in [4.78, 5) is 2.16. The Hall–Kier alpha value is -1.88. The molecule has 0 saturated heterocycles. The monoisotopic (exact) mass is 361 g/mol. The average Bonchev–Trinajstić information content (AvgIpc) is 2.52. The number of halogens is 1. The number of anilines is 1. The summed E-state index contributed by atoms with van der Waals surface area (Å²) >= 11 is 3.52. The van der Waals surface area contributed by atoms with Crippen LogP contribution in [0.5, 0.6) is 5.75 Å². The van der Waals surface area contributed by atoms with Gasteiger partial charge in [-0.15, -0.1) is 5.10 Å². The molecule has 0 N–H and O–H groups in total. The van der Waals surface area contributed by atoms with Gasteiger partial charge in [0.15, 0.2) is 5.82 Å². The topological polar surface area (TPSA) is 38.2 Å². The van der Waals surface area contributed by atoms with E-state index in [1.807, 2.05) is 31.2 Å². The highest BCUT2D eigenvalue weighted by Crippen LogP contribution is 2.26. The molecule has 4 nitrogen and oxygen atoms in total. The summed E-state index contributed by atoms with van der Waals surface area (Å²) in [7, 11) is 0. The highest BCUT2D eigenvalue weighted by atomic mass is 79.9. The number of nitrogens with zero attached hydrogens (tertiary/aromatic N) is 3. The average molecular weight is 362 g/mol. The van der Waals surface area contributed by atoms with Crippen LogP contribution in [-0.4, -0.2) is 23.3 Å². The zero-order valence-corrected chi connectivity index (χ0v) is 14.5. The van der Waals surface area contributed by atoms with E-state index < -0.39 is 0 Å². The Labute approximate surface area is 140 Å². The number of hydrogen-bond donors (Lipinski definition) is 0. The number of hydrogen-bond acceptors (Lipinski definition) is 4. The van der Waals surface area contributed by atoms with Crippen LogP contribution in [0.4, 0.5) is 5.82 Å². The molecule has 2 aromatic rings. The second-order valence-electron chi connectivity index (χ2n) is 5.09. The molecule has 2 rings (SSSR count). The van der Waals surface area contributed by atoms with Gasteiger partial charge in [-0.05, 0) is 49.8 Å². The molecule has 5 heteroatoms. The van der Waals surface area contributed by atoms with Crippen molar-refractivity contribution in [1.29, 1.82) is 0 Å². The SMILES string of the molecule is C=C(C)COc1ccc(Br)cc1CN(CC)c1cccnn1. The minimum Gasteiger partial charge on any atom is -0.489 e. The number of ether oxygens (including phenoxy) is 1. The van der Waals surface area contributed by atoms with Crippen LogP contribution in [0.1, 0.15) is 19.4 Å². The fourth-order valence-corrected chi connectivity index (χ4v) is 2.44. The Morgan fingerprint density at radius 2 is 2.18 bits per heavy atom. The molecule has 0 aliphatic heterocycles. The van der Waals surface area contributed by atoms with Gasteiger partial charge in [-0.25, -0.2) is 0 Å². The van der Waals surface area contributed by atoms with Crippen molar-refractivity contribution in [3.63, 3.8) is 0 Å². The minimum atomic E-state index is 0.520. The van der Waals surface area contributed by atoms with Gasteiger partial charge in [0.05, 0.1) is 0 Å². The van der Waals surface area contributed by atoms with Crippen LogP contribution in [0.15, 0.2) is 53.2 Å². The fourth-order valence-electron chi connectivity index (χ4n) is 2.04. The van der Waals surface area contributed by atoms with Gasteiger partial charge in [-0.2, -0.15) is 5.10 Å². The number of rotatable bonds is 7. The van der Waals surface area contributed by atoms with Crippen LogP contribution in [0.25, 0.3) is 0 Å². The normalized spacial score (nSPS) is 10.3. The van der Waals surface area contributed by atoms with Gasteiger partial charge in [0.2, 0.25) is 0 Å². The standard InChI is InChI=1S/C17H20BrN3O/c1-4-21(17-6-5-9-19-20-17)11-14-10-15(18)7-8-16(14)22-12-13(2)3/h5-10H,2,4,11-12H2,1,3H3. The molecular formula is C17H20BrN3O. The van der Waals surface area contributed by atoms with Gasteiger partial charge in [0, 0.05) is 29.3 Å². The van der Waals surface area contributed by atoms with Crippen molar-refractivity contribution in [1.82, 2.24) is 10.2 Å². The third-order valence-corrected chi connectivity index (χ3v) is 3.61. The molecule has 1 heterocycles. The zero-order chi connectivity index (χ0) is 15.9. The van der Waals surface area contributed by atoms with Crippen molar-refractivity contribution in [2.75, 3.05) is 18.1 Å². The Morgan fingerprint density at radius 3 is 2.82 bits per heavy atom. The summed E-state index contributed by atoms with van der Waals surface area (Å²) in [5.74, 6) is 1.73. The summed E-state index contributed by atoms with van der Waals surface area (Å²) in [5.41, 5.74) is 2.10. The molecule has 116 valence electrons. The van der Waals surface area contributed by atoms with Gasteiger partial charge >= 0.3 is 0 Å². The quantitative estimate of drug-likeness (QED) is 0.692. The van der Waals surface area contributed by atoms with E-state index in [9.17, 15) is 0 Å². The molecule has 0 amide bonds. The lowest BCUT2D eigenvalue weighted by Crippen LogP contribution is -2.23. The maximum atomic E-state index is 5.85. The third kappa shape index (κ3) is 4.56. The molecule has 1 aromatic carbocycles. The van der Waals surface area contributed by atoms with Gasteiger partial charge in [0.25, 0.3) is 0 Å². The maximum Gasteiger partial charge on any atom is 0.151 e. The molecule has 0 fully saturated rings. The maximum absolute atomic E-state index is 5.85. The Morgan fingerprint density at radius 1 is 1.36 bits per heavy atom. The van der Waals surface area contributed by atoms with Crippen molar-refractivity contribution in [2.24, 2.45) is 0 Å². The molecule has 0 unspecified atom stereocenters. The lowest BCUT2D eigenvalue weighted by Gasteiger charge is -2.23. The Balaban J connectivity index is 2.22. The van der Waals surface area contributed by atoms with E-state index in [-0.39, 0.29) is 0 Å². The fraction of sp³-hybridized carbons (Fsp3) is 0.294. The first-order valence-corrected chi connectivity index (χ1v) is 7.97. The summed E-state index contributed by atoms with van der Waals surface area (Å²) in [5, 5.41) is 8.13. The van der Waals surface area contributed by atoms with E-state index in [0.29, 0.717) is 13.2 Å². The molecule has 0 saturated carbocycles. The van der Waals surface area contributed by atoms with Crippen LogP contribution in [-0.2, 0) is 6.54 Å². The van der Waals surface area contributed by atoms with Gasteiger partial charge < -0.3 is 9.64 Å². The molecule has 0 aliphatic rings. The summed E-state index contributed by atoms with van der Waals surface area (Å²) in [6, 6.07) is 9.89. The first-order valence-electron chi connectivity index (χ1n) is 7.18. The van der Waals surface area contributed by atoms with Crippen molar-refractivity contribution >= 4 is 21.7 Å². The number of aromatic nitrogens is 2. The van der Waals surface area contributed by atoms with E-state index in [1.165, 1.54) is 0 Å². The first kappa shape index (κ1) is 16.5.